The van der Waals surface area contributed by atoms with E-state index in [4.69, 9.17) is 11.6 Å². The molecule has 0 aliphatic carbocycles. The monoisotopic (exact) mass is 275 g/mol. The summed E-state index contributed by atoms with van der Waals surface area (Å²) in [5, 5.41) is 0.139. The summed E-state index contributed by atoms with van der Waals surface area (Å²) in [6, 6.07) is 4.68. The summed E-state index contributed by atoms with van der Waals surface area (Å²) in [6.07, 6.45) is 0.513. The van der Waals surface area contributed by atoms with E-state index < -0.39 is 10.0 Å². The predicted octanol–water partition coefficient (Wildman–Crippen LogP) is 2.69. The number of hydrogen-bond acceptors (Lipinski definition) is 3. The highest BCUT2D eigenvalue weighted by atomic mass is 35.5. The van der Waals surface area contributed by atoms with Crippen LogP contribution in [0, 0.1) is 0 Å². The zero-order valence-electron chi connectivity index (χ0n) is 9.66. The van der Waals surface area contributed by atoms with Crippen LogP contribution in [0.15, 0.2) is 18.2 Å². The summed E-state index contributed by atoms with van der Waals surface area (Å²) >= 11 is 5.96. The van der Waals surface area contributed by atoms with Gasteiger partial charge in [-0.1, -0.05) is 24.6 Å². The number of sulfonamides is 1. The van der Waals surface area contributed by atoms with Crippen molar-refractivity contribution in [1.82, 2.24) is 0 Å². The third-order valence-corrected chi connectivity index (χ3v) is 4.00. The Morgan fingerprint density at radius 3 is 2.59 bits per heavy atom. The second-order valence-electron chi connectivity index (χ2n) is 3.64. The number of nitrogens with one attached hydrogen (secondary N) is 1. The lowest BCUT2D eigenvalue weighted by Gasteiger charge is -2.10. The first-order valence-electron chi connectivity index (χ1n) is 5.17. The Labute approximate surface area is 106 Å². The van der Waals surface area contributed by atoms with Crippen molar-refractivity contribution in [2.75, 3.05) is 10.5 Å². The van der Waals surface area contributed by atoms with Gasteiger partial charge in [0.25, 0.3) is 0 Å². The number of carbonyl (C=O) groups is 1. The number of halogens is 1. The van der Waals surface area contributed by atoms with Crippen LogP contribution in [0.2, 0.25) is 5.02 Å². The number of ketones is 1. The number of rotatable bonds is 5. The Morgan fingerprint density at radius 1 is 1.41 bits per heavy atom. The molecule has 1 rings (SSSR count). The molecule has 4 nitrogen and oxygen atoms in total. The molecule has 0 saturated carbocycles. The van der Waals surface area contributed by atoms with E-state index >= 15 is 0 Å². The van der Waals surface area contributed by atoms with Crippen LogP contribution in [0.25, 0.3) is 0 Å². The quantitative estimate of drug-likeness (QED) is 0.841. The smallest absolute Gasteiger partial charge is 0.232 e. The molecule has 0 atom stereocenters. The summed E-state index contributed by atoms with van der Waals surface area (Å²) in [5.74, 6) is -0.181. The average Bonchev–Trinajstić information content (AvgIpc) is 2.20. The number of benzene rings is 1. The van der Waals surface area contributed by atoms with Gasteiger partial charge in [-0.3, -0.25) is 9.52 Å². The minimum Gasteiger partial charge on any atom is -0.294 e. The van der Waals surface area contributed by atoms with E-state index in [2.05, 4.69) is 4.72 Å². The number of carbonyl (C=O) groups excluding carboxylic acids is 1. The first-order chi connectivity index (χ1) is 7.87. The van der Waals surface area contributed by atoms with Gasteiger partial charge in [0, 0.05) is 5.56 Å². The number of hydrogen-bond donors (Lipinski definition) is 1. The van der Waals surface area contributed by atoms with Crippen molar-refractivity contribution in [2.45, 2.75) is 20.3 Å². The minimum atomic E-state index is -3.40. The zero-order chi connectivity index (χ0) is 13.1. The van der Waals surface area contributed by atoms with Gasteiger partial charge in [-0.05, 0) is 25.5 Å². The van der Waals surface area contributed by atoms with Crippen molar-refractivity contribution in [3.05, 3.63) is 28.8 Å². The Bertz CT molecular complexity index is 526. The van der Waals surface area contributed by atoms with Crippen LogP contribution in [0.3, 0.4) is 0 Å². The molecule has 0 aliphatic heterocycles. The molecule has 0 fully saturated rings. The molecule has 17 heavy (non-hydrogen) atoms. The minimum absolute atomic E-state index is 0.0215. The fourth-order valence-electron chi connectivity index (χ4n) is 1.37. The molecule has 6 heteroatoms. The van der Waals surface area contributed by atoms with Crippen molar-refractivity contribution >= 4 is 33.1 Å². The fourth-order valence-corrected chi connectivity index (χ4v) is 2.88. The zero-order valence-corrected chi connectivity index (χ0v) is 11.2. The second kappa shape index (κ2) is 5.51. The van der Waals surface area contributed by atoms with Gasteiger partial charge < -0.3 is 0 Å². The first-order valence-corrected chi connectivity index (χ1v) is 7.20. The molecule has 0 saturated heterocycles. The lowest BCUT2D eigenvalue weighted by atomic mass is 10.1. The maximum atomic E-state index is 11.6. The maximum Gasteiger partial charge on any atom is 0.232 e. The molecule has 0 spiro atoms. The van der Waals surface area contributed by atoms with Crippen molar-refractivity contribution in [3.8, 4) is 0 Å². The molecular weight excluding hydrogens is 262 g/mol. The Hall–Kier alpha value is -1.07. The normalized spacial score (nSPS) is 11.2. The van der Waals surface area contributed by atoms with E-state index in [0.29, 0.717) is 12.0 Å². The standard InChI is InChI=1S/C11H14ClNO3S/c1-3-7-17(15,16)13-10-6-4-5-9(8(2)14)11(10)12/h4-6,13H,3,7H2,1-2H3. The van der Waals surface area contributed by atoms with Gasteiger partial charge in [0.2, 0.25) is 10.0 Å². The van der Waals surface area contributed by atoms with Crippen molar-refractivity contribution < 1.29 is 13.2 Å². The summed E-state index contributed by atoms with van der Waals surface area (Å²) in [6.45, 7) is 3.15. The van der Waals surface area contributed by atoms with E-state index in [9.17, 15) is 13.2 Å². The summed E-state index contributed by atoms with van der Waals surface area (Å²) in [7, 11) is -3.40. The van der Waals surface area contributed by atoms with Gasteiger partial charge in [0.15, 0.2) is 5.78 Å². The fraction of sp³-hybridized carbons (Fsp3) is 0.364. The van der Waals surface area contributed by atoms with Crippen molar-refractivity contribution in [1.29, 1.82) is 0 Å². The first kappa shape index (κ1) is 14.0. The van der Waals surface area contributed by atoms with Crippen LogP contribution in [-0.2, 0) is 10.0 Å². The van der Waals surface area contributed by atoms with Gasteiger partial charge in [0.05, 0.1) is 16.5 Å². The molecule has 94 valence electrons. The van der Waals surface area contributed by atoms with E-state index in [0.717, 1.165) is 0 Å². The molecule has 0 unspecified atom stereocenters. The molecule has 1 aromatic rings. The highest BCUT2D eigenvalue weighted by Gasteiger charge is 2.14. The van der Waals surface area contributed by atoms with Crippen LogP contribution in [-0.4, -0.2) is 20.0 Å². The van der Waals surface area contributed by atoms with Gasteiger partial charge in [0.1, 0.15) is 0 Å². The highest BCUT2D eigenvalue weighted by Crippen LogP contribution is 2.27. The number of anilines is 1. The van der Waals surface area contributed by atoms with E-state index in [1.165, 1.54) is 13.0 Å². The van der Waals surface area contributed by atoms with Crippen molar-refractivity contribution in [3.63, 3.8) is 0 Å². The molecule has 0 radical (unpaired) electrons. The van der Waals surface area contributed by atoms with Gasteiger partial charge >= 0.3 is 0 Å². The summed E-state index contributed by atoms with van der Waals surface area (Å²) < 4.78 is 25.5. The Balaban J connectivity index is 3.09. The molecule has 0 aliphatic rings. The lowest BCUT2D eigenvalue weighted by molar-refractivity contribution is 0.101. The molecule has 0 aromatic heterocycles. The van der Waals surface area contributed by atoms with E-state index in [1.54, 1.807) is 19.1 Å². The molecular formula is C11H14ClNO3S. The molecule has 0 heterocycles. The maximum absolute atomic E-state index is 11.6. The highest BCUT2D eigenvalue weighted by molar-refractivity contribution is 7.92. The predicted molar refractivity (Wildman–Crippen MR) is 69.2 cm³/mol. The summed E-state index contributed by atoms with van der Waals surface area (Å²) in [4.78, 5) is 11.2. The van der Waals surface area contributed by atoms with Gasteiger partial charge in [-0.2, -0.15) is 0 Å². The van der Waals surface area contributed by atoms with Crippen LogP contribution in [0.1, 0.15) is 30.6 Å². The Morgan fingerprint density at radius 2 is 2.06 bits per heavy atom. The van der Waals surface area contributed by atoms with Crippen molar-refractivity contribution in [2.24, 2.45) is 0 Å². The van der Waals surface area contributed by atoms with Crippen LogP contribution in [0.4, 0.5) is 5.69 Å². The molecule has 0 bridgehead atoms. The summed E-state index contributed by atoms with van der Waals surface area (Å²) in [5.41, 5.74) is 0.552. The molecule has 1 N–H and O–H groups in total. The SMILES string of the molecule is CCCS(=O)(=O)Nc1cccc(C(C)=O)c1Cl. The van der Waals surface area contributed by atoms with E-state index in [1.807, 2.05) is 0 Å². The Kier molecular flexibility index (Phi) is 4.54. The number of Topliss-reactive ketones (excluding diaryl/α,β-unsaturated/α-hetero) is 1. The average molecular weight is 276 g/mol. The molecule has 1 aromatic carbocycles. The lowest BCUT2D eigenvalue weighted by Crippen LogP contribution is -2.16. The van der Waals surface area contributed by atoms with E-state index in [-0.39, 0.29) is 22.2 Å². The van der Waals surface area contributed by atoms with Gasteiger partial charge in [-0.25, -0.2) is 8.42 Å². The van der Waals surface area contributed by atoms with Crippen LogP contribution in [0.5, 0.6) is 0 Å². The topological polar surface area (TPSA) is 63.2 Å². The largest absolute Gasteiger partial charge is 0.294 e. The molecule has 0 amide bonds. The van der Waals surface area contributed by atoms with Crippen LogP contribution >= 0.6 is 11.6 Å². The van der Waals surface area contributed by atoms with Gasteiger partial charge in [-0.15, -0.1) is 0 Å². The van der Waals surface area contributed by atoms with Crippen LogP contribution < -0.4 is 4.72 Å². The second-order valence-corrected chi connectivity index (χ2v) is 5.86. The third kappa shape index (κ3) is 3.71. The third-order valence-electron chi connectivity index (χ3n) is 2.12.